The molecule has 1 N–H and O–H groups in total. The molecule has 4 nitrogen and oxygen atoms in total. The third-order valence-corrected chi connectivity index (χ3v) is 4.73. The van der Waals surface area contributed by atoms with Gasteiger partial charge in [-0.1, -0.05) is 19.9 Å². The van der Waals surface area contributed by atoms with E-state index in [9.17, 15) is 8.42 Å². The van der Waals surface area contributed by atoms with Gasteiger partial charge in [-0.3, -0.25) is 0 Å². The van der Waals surface area contributed by atoms with Gasteiger partial charge in [0.1, 0.15) is 0 Å². The molecule has 0 radical (unpaired) electrons. The van der Waals surface area contributed by atoms with Gasteiger partial charge in [0.15, 0.2) is 0 Å². The molecular weight excluding hydrogens is 236 g/mol. The van der Waals surface area contributed by atoms with Crippen molar-refractivity contribution in [1.82, 2.24) is 4.72 Å². The van der Waals surface area contributed by atoms with Gasteiger partial charge in [0.25, 0.3) is 0 Å². The van der Waals surface area contributed by atoms with E-state index in [1.165, 1.54) is 12.6 Å². The van der Waals surface area contributed by atoms with Gasteiger partial charge >= 0.3 is 0 Å². The SMILES string of the molecule is CNS(=O)(=O)c1ccc2c(c1)N(C)CC2(C)C. The molecule has 17 heavy (non-hydrogen) atoms. The van der Waals surface area contributed by atoms with Crippen molar-refractivity contribution in [3.05, 3.63) is 23.8 Å². The average Bonchev–Trinajstić information content (AvgIpc) is 2.49. The summed E-state index contributed by atoms with van der Waals surface area (Å²) in [6, 6.07) is 5.34. The summed E-state index contributed by atoms with van der Waals surface area (Å²) < 4.78 is 25.8. The molecule has 0 bridgehead atoms. The second-order valence-electron chi connectivity index (χ2n) is 5.13. The van der Waals surface area contributed by atoms with Crippen LogP contribution in [0.1, 0.15) is 19.4 Å². The first kappa shape index (κ1) is 12.4. The van der Waals surface area contributed by atoms with Crippen LogP contribution in [0.25, 0.3) is 0 Å². The number of sulfonamides is 1. The van der Waals surface area contributed by atoms with Crippen LogP contribution in [0.4, 0.5) is 5.69 Å². The highest BCUT2D eigenvalue weighted by Gasteiger charge is 2.33. The summed E-state index contributed by atoms with van der Waals surface area (Å²) in [6.07, 6.45) is 0. The maximum atomic E-state index is 11.7. The van der Waals surface area contributed by atoms with Crippen LogP contribution in [0.3, 0.4) is 0 Å². The van der Waals surface area contributed by atoms with E-state index < -0.39 is 10.0 Å². The highest BCUT2D eigenvalue weighted by molar-refractivity contribution is 7.89. The fraction of sp³-hybridized carbons (Fsp3) is 0.500. The third-order valence-electron chi connectivity index (χ3n) is 3.32. The second-order valence-corrected chi connectivity index (χ2v) is 7.01. The summed E-state index contributed by atoms with van der Waals surface area (Å²) >= 11 is 0. The summed E-state index contributed by atoms with van der Waals surface area (Å²) in [7, 11) is 0.0591. The molecule has 0 unspecified atom stereocenters. The lowest BCUT2D eigenvalue weighted by molar-refractivity contribution is 0.563. The predicted molar refractivity (Wildman–Crippen MR) is 69.0 cm³/mol. The van der Waals surface area contributed by atoms with Gasteiger partial charge in [-0.15, -0.1) is 0 Å². The Labute approximate surface area is 103 Å². The summed E-state index contributed by atoms with van der Waals surface area (Å²) in [5.74, 6) is 0. The van der Waals surface area contributed by atoms with Crippen molar-refractivity contribution in [2.24, 2.45) is 0 Å². The average molecular weight is 254 g/mol. The summed E-state index contributed by atoms with van der Waals surface area (Å²) in [6.45, 7) is 5.24. The standard InChI is InChI=1S/C12H18N2O2S/c1-12(2)8-14(4)11-7-9(5-6-10(11)12)17(15,16)13-3/h5-7,13H,8H2,1-4H3. The Balaban J connectivity index is 2.58. The molecule has 0 saturated heterocycles. The fourth-order valence-electron chi connectivity index (χ4n) is 2.45. The molecule has 2 rings (SSSR count). The number of fused-ring (bicyclic) bond motifs is 1. The minimum Gasteiger partial charge on any atom is -0.373 e. The zero-order valence-corrected chi connectivity index (χ0v) is 11.4. The fourth-order valence-corrected chi connectivity index (χ4v) is 3.20. The number of hydrogen-bond donors (Lipinski definition) is 1. The van der Waals surface area contributed by atoms with Gasteiger partial charge in [0.05, 0.1) is 4.90 Å². The van der Waals surface area contributed by atoms with Crippen molar-refractivity contribution >= 4 is 15.7 Å². The number of likely N-dealkylation sites (N-methyl/N-ethyl adjacent to an activating group) is 1. The third kappa shape index (κ3) is 1.93. The molecule has 1 aromatic rings. The van der Waals surface area contributed by atoms with E-state index in [0.29, 0.717) is 4.90 Å². The van der Waals surface area contributed by atoms with E-state index in [1.807, 2.05) is 13.1 Å². The second kappa shape index (κ2) is 3.71. The van der Waals surface area contributed by atoms with E-state index in [-0.39, 0.29) is 5.41 Å². The van der Waals surface area contributed by atoms with Crippen LogP contribution in [-0.4, -0.2) is 29.1 Å². The van der Waals surface area contributed by atoms with E-state index >= 15 is 0 Å². The molecule has 94 valence electrons. The Hall–Kier alpha value is -1.07. The van der Waals surface area contributed by atoms with Gasteiger partial charge in [0.2, 0.25) is 10.0 Å². The number of hydrogen-bond acceptors (Lipinski definition) is 3. The maximum absolute atomic E-state index is 11.7. The number of nitrogens with zero attached hydrogens (tertiary/aromatic N) is 1. The summed E-state index contributed by atoms with van der Waals surface area (Å²) in [5.41, 5.74) is 2.29. The van der Waals surface area contributed by atoms with Crippen LogP contribution in [-0.2, 0) is 15.4 Å². The van der Waals surface area contributed by atoms with Crippen LogP contribution >= 0.6 is 0 Å². The van der Waals surface area contributed by atoms with Crippen LogP contribution in [0, 0.1) is 0 Å². The quantitative estimate of drug-likeness (QED) is 0.866. The normalized spacial score (nSPS) is 18.2. The lowest BCUT2D eigenvalue weighted by Crippen LogP contribution is -2.24. The number of nitrogens with one attached hydrogen (secondary N) is 1. The molecule has 5 heteroatoms. The molecule has 1 aliphatic heterocycles. The highest BCUT2D eigenvalue weighted by Crippen LogP contribution is 2.40. The van der Waals surface area contributed by atoms with E-state index in [1.54, 1.807) is 12.1 Å². The van der Waals surface area contributed by atoms with Gasteiger partial charge in [-0.05, 0) is 24.7 Å². The van der Waals surface area contributed by atoms with Crippen molar-refractivity contribution in [1.29, 1.82) is 0 Å². The van der Waals surface area contributed by atoms with Crippen LogP contribution < -0.4 is 9.62 Å². The lowest BCUT2D eigenvalue weighted by atomic mass is 9.87. The lowest BCUT2D eigenvalue weighted by Gasteiger charge is -2.18. The monoisotopic (exact) mass is 254 g/mol. The van der Waals surface area contributed by atoms with Crippen molar-refractivity contribution in [2.75, 3.05) is 25.5 Å². The minimum atomic E-state index is -3.36. The first-order valence-electron chi connectivity index (χ1n) is 5.57. The highest BCUT2D eigenvalue weighted by atomic mass is 32.2. The van der Waals surface area contributed by atoms with Crippen molar-refractivity contribution < 1.29 is 8.42 Å². The zero-order chi connectivity index (χ0) is 12.8. The molecule has 0 saturated carbocycles. The number of rotatable bonds is 2. The molecule has 0 spiro atoms. The zero-order valence-electron chi connectivity index (χ0n) is 10.6. The number of benzene rings is 1. The van der Waals surface area contributed by atoms with E-state index in [2.05, 4.69) is 23.5 Å². The Morgan fingerprint density at radius 3 is 2.59 bits per heavy atom. The van der Waals surface area contributed by atoms with Crippen molar-refractivity contribution in [3.63, 3.8) is 0 Å². The van der Waals surface area contributed by atoms with Crippen molar-refractivity contribution in [3.8, 4) is 0 Å². The van der Waals surface area contributed by atoms with Gasteiger partial charge < -0.3 is 4.90 Å². The Morgan fingerprint density at radius 2 is 2.00 bits per heavy atom. The molecule has 0 amide bonds. The molecule has 1 heterocycles. The molecular formula is C12H18N2O2S. The first-order chi connectivity index (χ1) is 7.78. The smallest absolute Gasteiger partial charge is 0.240 e. The van der Waals surface area contributed by atoms with Gasteiger partial charge in [-0.2, -0.15) is 0 Å². The largest absolute Gasteiger partial charge is 0.373 e. The van der Waals surface area contributed by atoms with Crippen molar-refractivity contribution in [2.45, 2.75) is 24.2 Å². The molecule has 0 fully saturated rings. The summed E-state index contributed by atoms with van der Waals surface area (Å²) in [5, 5.41) is 0. The molecule has 1 aliphatic rings. The topological polar surface area (TPSA) is 49.4 Å². The summed E-state index contributed by atoms with van der Waals surface area (Å²) in [4.78, 5) is 2.42. The number of anilines is 1. The Bertz CT molecular complexity index is 550. The van der Waals surface area contributed by atoms with Gasteiger partial charge in [0, 0.05) is 24.7 Å². The van der Waals surface area contributed by atoms with Gasteiger partial charge in [-0.25, -0.2) is 13.1 Å². The Kier molecular flexibility index (Phi) is 2.71. The molecule has 0 aliphatic carbocycles. The van der Waals surface area contributed by atoms with E-state index in [4.69, 9.17) is 0 Å². The minimum absolute atomic E-state index is 0.0754. The van der Waals surface area contributed by atoms with E-state index in [0.717, 1.165) is 12.2 Å². The maximum Gasteiger partial charge on any atom is 0.240 e. The first-order valence-corrected chi connectivity index (χ1v) is 7.05. The molecule has 0 atom stereocenters. The Morgan fingerprint density at radius 1 is 1.35 bits per heavy atom. The molecule has 0 aromatic heterocycles. The van der Waals surface area contributed by atoms with Crippen LogP contribution in [0.5, 0.6) is 0 Å². The molecule has 1 aromatic carbocycles. The predicted octanol–water partition coefficient (Wildman–Crippen LogP) is 1.32. The van der Waals surface area contributed by atoms with Crippen LogP contribution in [0.15, 0.2) is 23.1 Å². The van der Waals surface area contributed by atoms with Crippen LogP contribution in [0.2, 0.25) is 0 Å².